The summed E-state index contributed by atoms with van der Waals surface area (Å²) < 4.78 is 7.04. The summed E-state index contributed by atoms with van der Waals surface area (Å²) in [4.78, 5) is 40.1. The molecule has 8 heteroatoms. The number of imidazole rings is 1. The summed E-state index contributed by atoms with van der Waals surface area (Å²) in [5.74, 6) is 1.18. The van der Waals surface area contributed by atoms with Gasteiger partial charge in [-0.2, -0.15) is 0 Å². The van der Waals surface area contributed by atoms with E-state index in [0.29, 0.717) is 30.1 Å². The average molecular weight is 427 g/mol. The summed E-state index contributed by atoms with van der Waals surface area (Å²) >= 11 is 0. The Hall–Kier alpha value is -3.94. The summed E-state index contributed by atoms with van der Waals surface area (Å²) in [7, 11) is 0. The maximum atomic E-state index is 12.9. The van der Waals surface area contributed by atoms with E-state index in [1.54, 1.807) is 6.07 Å². The molecule has 0 radical (unpaired) electrons. The second kappa shape index (κ2) is 7.33. The molecule has 8 nitrogen and oxygen atoms in total. The summed E-state index contributed by atoms with van der Waals surface area (Å²) in [5, 5.41) is 0.797. The van der Waals surface area contributed by atoms with Gasteiger partial charge in [-0.05, 0) is 37.1 Å². The lowest BCUT2D eigenvalue weighted by Gasteiger charge is -2.31. The smallest absolute Gasteiger partial charge is 0.297 e. The largest absolute Gasteiger partial charge is 0.448 e. The van der Waals surface area contributed by atoms with Gasteiger partial charge in [0.25, 0.3) is 5.56 Å². The normalized spacial score (nSPS) is 15.2. The Morgan fingerprint density at radius 3 is 2.72 bits per heavy atom. The molecule has 1 fully saturated rings. The zero-order valence-electron chi connectivity index (χ0n) is 17.3. The first-order chi connectivity index (χ1) is 15.7. The molecule has 1 saturated heterocycles. The highest BCUT2D eigenvalue weighted by Crippen LogP contribution is 2.28. The van der Waals surface area contributed by atoms with E-state index in [1.165, 1.54) is 10.9 Å². The summed E-state index contributed by atoms with van der Waals surface area (Å²) in [6.07, 6.45) is 3.11. The Labute approximate surface area is 182 Å². The van der Waals surface area contributed by atoms with E-state index < -0.39 is 0 Å². The Kier molecular flexibility index (Phi) is 4.31. The molecule has 0 aliphatic carbocycles. The molecule has 0 saturated carbocycles. The fourth-order valence-corrected chi connectivity index (χ4v) is 4.54. The molecule has 1 N–H and O–H groups in total. The van der Waals surface area contributed by atoms with Crippen LogP contribution >= 0.6 is 0 Å². The monoisotopic (exact) mass is 427 g/mol. The number of benzene rings is 2. The van der Waals surface area contributed by atoms with Crippen LogP contribution in [0.4, 0.5) is 0 Å². The second-order valence-electron chi connectivity index (χ2n) is 8.25. The molecule has 32 heavy (non-hydrogen) atoms. The lowest BCUT2D eigenvalue weighted by atomic mass is 9.96. The van der Waals surface area contributed by atoms with Crippen LogP contribution in [0.15, 0.2) is 64.1 Å². The number of aromatic amines is 1. The minimum atomic E-state index is -0.336. The Balaban J connectivity index is 1.17. The Bertz CT molecular complexity index is 1490. The van der Waals surface area contributed by atoms with Crippen LogP contribution in [0, 0.1) is 0 Å². The van der Waals surface area contributed by atoms with E-state index >= 15 is 0 Å². The Morgan fingerprint density at radius 2 is 1.88 bits per heavy atom. The average Bonchev–Trinajstić information content (AvgIpc) is 3.43. The van der Waals surface area contributed by atoms with Crippen molar-refractivity contribution < 1.29 is 9.21 Å². The fourth-order valence-electron chi connectivity index (χ4n) is 4.54. The van der Waals surface area contributed by atoms with E-state index in [1.807, 2.05) is 47.4 Å². The number of H-pyrrole nitrogens is 1. The number of aromatic nitrogens is 4. The minimum Gasteiger partial charge on any atom is -0.448 e. The molecule has 0 spiro atoms. The third-order valence-corrected chi connectivity index (χ3v) is 6.30. The van der Waals surface area contributed by atoms with Crippen molar-refractivity contribution in [2.75, 3.05) is 13.1 Å². The first kappa shape index (κ1) is 18.8. The zero-order chi connectivity index (χ0) is 21.7. The topological polar surface area (TPSA) is 97.0 Å². The van der Waals surface area contributed by atoms with Crippen molar-refractivity contribution >= 4 is 39.0 Å². The molecule has 5 aromatic rings. The van der Waals surface area contributed by atoms with Crippen molar-refractivity contribution in [1.29, 1.82) is 0 Å². The number of nitrogens with zero attached hydrogens (tertiary/aromatic N) is 4. The van der Waals surface area contributed by atoms with E-state index in [2.05, 4.69) is 9.97 Å². The third kappa shape index (κ3) is 3.07. The second-order valence-corrected chi connectivity index (χ2v) is 8.25. The predicted octanol–water partition coefficient (Wildman–Crippen LogP) is 3.43. The molecule has 4 heterocycles. The van der Waals surface area contributed by atoms with Gasteiger partial charge in [0.1, 0.15) is 23.5 Å². The number of carbonyl (C=O) groups excluding carboxylic acids is 1. The molecule has 3 aromatic heterocycles. The quantitative estimate of drug-likeness (QED) is 0.476. The number of likely N-dealkylation sites (tertiary alicyclic amines) is 1. The van der Waals surface area contributed by atoms with Crippen molar-refractivity contribution in [2.45, 2.75) is 25.3 Å². The van der Waals surface area contributed by atoms with Gasteiger partial charge in [-0.1, -0.05) is 24.3 Å². The summed E-state index contributed by atoms with van der Waals surface area (Å²) in [6.45, 7) is 1.22. The van der Waals surface area contributed by atoms with Gasteiger partial charge in [0.2, 0.25) is 11.5 Å². The highest BCUT2D eigenvalue weighted by Gasteiger charge is 2.26. The number of furan rings is 1. The van der Waals surface area contributed by atoms with Crippen molar-refractivity contribution in [2.24, 2.45) is 0 Å². The number of hydrogen-bond acceptors (Lipinski definition) is 5. The number of nitrogens with one attached hydrogen (secondary N) is 1. The number of hydrogen-bond donors (Lipinski definition) is 1. The van der Waals surface area contributed by atoms with Gasteiger partial charge in [-0.25, -0.2) is 9.97 Å². The maximum absolute atomic E-state index is 12.9. The molecule has 1 amide bonds. The number of rotatable bonds is 3. The van der Waals surface area contributed by atoms with Crippen molar-refractivity contribution in [3.63, 3.8) is 0 Å². The zero-order valence-corrected chi connectivity index (χ0v) is 17.3. The number of piperidine rings is 1. The first-order valence-electron chi connectivity index (χ1n) is 10.8. The van der Waals surface area contributed by atoms with Gasteiger partial charge in [0.05, 0.1) is 17.4 Å². The van der Waals surface area contributed by atoms with Crippen LogP contribution in [0.3, 0.4) is 0 Å². The highest BCUT2D eigenvalue weighted by atomic mass is 16.3. The molecule has 160 valence electrons. The molecular formula is C24H21N5O3. The molecule has 0 unspecified atom stereocenters. The van der Waals surface area contributed by atoms with Gasteiger partial charge in [0.15, 0.2) is 0 Å². The molecule has 0 bridgehead atoms. The minimum absolute atomic E-state index is 0.0475. The summed E-state index contributed by atoms with van der Waals surface area (Å²) in [5.41, 5.74) is 2.99. The van der Waals surface area contributed by atoms with Crippen LogP contribution in [0.5, 0.6) is 0 Å². The van der Waals surface area contributed by atoms with Gasteiger partial charge >= 0.3 is 0 Å². The third-order valence-electron chi connectivity index (χ3n) is 6.30. The van der Waals surface area contributed by atoms with Gasteiger partial charge in [-0.15, -0.1) is 0 Å². The lowest BCUT2D eigenvalue weighted by Crippen LogP contribution is -2.41. The van der Waals surface area contributed by atoms with Crippen LogP contribution in [0.1, 0.15) is 24.6 Å². The van der Waals surface area contributed by atoms with Gasteiger partial charge < -0.3 is 14.3 Å². The van der Waals surface area contributed by atoms with Crippen LogP contribution in [0.2, 0.25) is 0 Å². The van der Waals surface area contributed by atoms with Crippen molar-refractivity contribution in [1.82, 2.24) is 24.4 Å². The van der Waals surface area contributed by atoms with E-state index in [4.69, 9.17) is 9.40 Å². The SMILES string of the molecule is O=C(Cn1cnc2c(oc3ccccc32)c1=O)N1CCC(c2nc3ccccc3[nH]2)CC1. The molecule has 1 aliphatic heterocycles. The molecular weight excluding hydrogens is 406 g/mol. The first-order valence-corrected chi connectivity index (χ1v) is 10.8. The number of amides is 1. The van der Waals surface area contributed by atoms with Crippen LogP contribution < -0.4 is 5.56 Å². The van der Waals surface area contributed by atoms with E-state index in [0.717, 1.165) is 35.1 Å². The van der Waals surface area contributed by atoms with E-state index in [9.17, 15) is 9.59 Å². The molecule has 2 aromatic carbocycles. The molecule has 6 rings (SSSR count). The van der Waals surface area contributed by atoms with Crippen LogP contribution in [0.25, 0.3) is 33.1 Å². The maximum Gasteiger partial charge on any atom is 0.297 e. The standard InChI is InChI=1S/C24H21N5O3/c30-20(13-29-14-25-21-16-5-1-4-8-19(16)32-22(21)24(29)31)28-11-9-15(10-12-28)23-26-17-6-2-3-7-18(17)27-23/h1-8,14-15H,9-13H2,(H,26,27). The number of fused-ring (bicyclic) bond motifs is 4. The van der Waals surface area contributed by atoms with Crippen molar-refractivity contribution in [3.8, 4) is 0 Å². The van der Waals surface area contributed by atoms with Crippen LogP contribution in [-0.2, 0) is 11.3 Å². The van der Waals surface area contributed by atoms with Crippen LogP contribution in [-0.4, -0.2) is 43.4 Å². The highest BCUT2D eigenvalue weighted by molar-refractivity contribution is 6.01. The Morgan fingerprint density at radius 1 is 1.09 bits per heavy atom. The van der Waals surface area contributed by atoms with Gasteiger partial charge in [0, 0.05) is 24.4 Å². The number of para-hydroxylation sites is 3. The van der Waals surface area contributed by atoms with Crippen molar-refractivity contribution in [3.05, 3.63) is 71.0 Å². The number of carbonyl (C=O) groups is 1. The summed E-state index contributed by atoms with van der Waals surface area (Å²) in [6, 6.07) is 15.4. The molecule has 1 aliphatic rings. The molecule has 0 atom stereocenters. The van der Waals surface area contributed by atoms with E-state index in [-0.39, 0.29) is 23.6 Å². The fraction of sp³-hybridized carbons (Fsp3) is 0.250. The van der Waals surface area contributed by atoms with Gasteiger partial charge in [-0.3, -0.25) is 14.2 Å². The predicted molar refractivity (Wildman–Crippen MR) is 120 cm³/mol. The lowest BCUT2D eigenvalue weighted by molar-refractivity contribution is -0.133.